The van der Waals surface area contributed by atoms with Gasteiger partial charge < -0.3 is 24.6 Å². The molecule has 2 N–H and O–H groups in total. The van der Waals surface area contributed by atoms with E-state index in [1.165, 1.54) is 24.1 Å². The molecule has 0 radical (unpaired) electrons. The van der Waals surface area contributed by atoms with Crippen LogP contribution >= 0.6 is 0 Å². The molecule has 0 bridgehead atoms. The second-order valence-electron chi connectivity index (χ2n) is 8.54. The van der Waals surface area contributed by atoms with Crippen LogP contribution in [-0.2, 0) is 16.1 Å². The van der Waals surface area contributed by atoms with E-state index < -0.39 is 23.7 Å². The molecular weight excluding hydrogens is 474 g/mol. The van der Waals surface area contributed by atoms with Crippen molar-refractivity contribution in [2.24, 2.45) is 0 Å². The Labute approximate surface area is 214 Å². The number of ether oxygens (including phenoxy) is 2. The number of carbonyl (C=O) groups excluding carboxylic acids is 2. The first kappa shape index (κ1) is 25.5. The van der Waals surface area contributed by atoms with Gasteiger partial charge in [-0.2, -0.15) is 0 Å². The van der Waals surface area contributed by atoms with Gasteiger partial charge >= 0.3 is 5.97 Å². The fraction of sp³-hybridized carbons (Fsp3) is 0.207. The Bertz CT molecular complexity index is 1340. The smallest absolute Gasteiger partial charge is 0.335 e. The predicted octanol–water partition coefficient (Wildman–Crippen LogP) is 4.80. The van der Waals surface area contributed by atoms with Crippen LogP contribution in [0.1, 0.15) is 46.4 Å². The summed E-state index contributed by atoms with van der Waals surface area (Å²) < 4.78 is 11.1. The van der Waals surface area contributed by atoms with E-state index in [4.69, 9.17) is 9.47 Å². The number of methoxy groups -OCH3 is 1. The number of ketones is 1. The van der Waals surface area contributed by atoms with Crippen LogP contribution in [0.25, 0.3) is 5.76 Å². The molecule has 8 nitrogen and oxygen atoms in total. The SMILES string of the molecule is CCCOc1ccc(/C(O)=C2\C(=O)C(=O)N(Cc3ccc(C(=O)O)cc3)C2c2ccccc2OC)cc1. The average molecular weight is 502 g/mol. The van der Waals surface area contributed by atoms with Crippen LogP contribution in [-0.4, -0.2) is 46.5 Å². The third-order valence-electron chi connectivity index (χ3n) is 6.13. The number of amides is 1. The zero-order valence-electron chi connectivity index (χ0n) is 20.5. The third-order valence-corrected chi connectivity index (χ3v) is 6.13. The first-order chi connectivity index (χ1) is 17.8. The minimum Gasteiger partial charge on any atom is -0.507 e. The number of carbonyl (C=O) groups is 3. The molecule has 1 atom stereocenters. The molecular formula is C29H27NO7. The van der Waals surface area contributed by atoms with Crippen molar-refractivity contribution < 1.29 is 34.1 Å². The molecule has 0 spiro atoms. The van der Waals surface area contributed by atoms with Crippen LogP contribution in [0.4, 0.5) is 0 Å². The van der Waals surface area contributed by atoms with E-state index in [0.717, 1.165) is 6.42 Å². The number of nitrogens with zero attached hydrogens (tertiary/aromatic N) is 1. The molecule has 0 saturated carbocycles. The summed E-state index contributed by atoms with van der Waals surface area (Å²) in [4.78, 5) is 39.1. The van der Waals surface area contributed by atoms with Crippen LogP contribution in [0.5, 0.6) is 11.5 Å². The van der Waals surface area contributed by atoms with Gasteiger partial charge in [-0.15, -0.1) is 0 Å². The molecule has 1 aliphatic heterocycles. The second-order valence-corrected chi connectivity index (χ2v) is 8.54. The van der Waals surface area contributed by atoms with Crippen molar-refractivity contribution in [1.82, 2.24) is 4.90 Å². The molecule has 1 aliphatic rings. The fourth-order valence-electron chi connectivity index (χ4n) is 4.29. The summed E-state index contributed by atoms with van der Waals surface area (Å²) in [6.45, 7) is 2.57. The van der Waals surface area contributed by atoms with Crippen molar-refractivity contribution in [3.05, 3.63) is 101 Å². The predicted molar refractivity (Wildman–Crippen MR) is 136 cm³/mol. The molecule has 1 saturated heterocycles. The lowest BCUT2D eigenvalue weighted by Crippen LogP contribution is -2.29. The summed E-state index contributed by atoms with van der Waals surface area (Å²) in [5.41, 5.74) is 1.59. The van der Waals surface area contributed by atoms with Crippen LogP contribution in [0, 0.1) is 0 Å². The van der Waals surface area contributed by atoms with E-state index in [1.807, 2.05) is 6.92 Å². The van der Waals surface area contributed by atoms with Gasteiger partial charge in [-0.05, 0) is 54.4 Å². The number of rotatable bonds is 9. The largest absolute Gasteiger partial charge is 0.507 e. The number of carboxylic acids is 1. The topological polar surface area (TPSA) is 113 Å². The van der Waals surface area contributed by atoms with Crippen LogP contribution < -0.4 is 9.47 Å². The lowest BCUT2D eigenvalue weighted by Gasteiger charge is -2.26. The van der Waals surface area contributed by atoms with Gasteiger partial charge in [-0.1, -0.05) is 37.3 Å². The number of benzene rings is 3. The Morgan fingerprint density at radius 1 is 0.919 bits per heavy atom. The first-order valence-electron chi connectivity index (χ1n) is 11.8. The van der Waals surface area contributed by atoms with E-state index >= 15 is 0 Å². The maximum absolute atomic E-state index is 13.3. The Balaban J connectivity index is 1.80. The fourth-order valence-corrected chi connectivity index (χ4v) is 4.29. The van der Waals surface area contributed by atoms with Gasteiger partial charge in [-0.25, -0.2) is 4.79 Å². The number of Topliss-reactive ketones (excluding diaryl/α,β-unsaturated/α-hetero) is 1. The summed E-state index contributed by atoms with van der Waals surface area (Å²) in [5, 5.41) is 20.5. The van der Waals surface area contributed by atoms with Crippen LogP contribution in [0.3, 0.4) is 0 Å². The number of aliphatic hydroxyl groups is 1. The monoisotopic (exact) mass is 501 g/mol. The number of hydrogen-bond acceptors (Lipinski definition) is 6. The highest BCUT2D eigenvalue weighted by molar-refractivity contribution is 6.46. The van der Waals surface area contributed by atoms with E-state index in [2.05, 4.69) is 0 Å². The van der Waals surface area contributed by atoms with E-state index in [-0.39, 0.29) is 23.4 Å². The molecule has 37 heavy (non-hydrogen) atoms. The minimum absolute atomic E-state index is 0.0216. The van der Waals surface area contributed by atoms with Crippen molar-refractivity contribution in [3.8, 4) is 11.5 Å². The Morgan fingerprint density at radius 3 is 2.19 bits per heavy atom. The molecule has 3 aromatic rings. The lowest BCUT2D eigenvalue weighted by molar-refractivity contribution is -0.140. The van der Waals surface area contributed by atoms with Gasteiger partial charge in [0.15, 0.2) is 0 Å². The molecule has 0 aliphatic carbocycles. The molecule has 1 fully saturated rings. The van der Waals surface area contributed by atoms with Crippen molar-refractivity contribution in [1.29, 1.82) is 0 Å². The first-order valence-corrected chi connectivity index (χ1v) is 11.8. The van der Waals surface area contributed by atoms with Gasteiger partial charge in [0.2, 0.25) is 0 Å². The molecule has 1 heterocycles. The van der Waals surface area contributed by atoms with Gasteiger partial charge in [0.25, 0.3) is 11.7 Å². The second kappa shape index (κ2) is 11.0. The van der Waals surface area contributed by atoms with Crippen LogP contribution in [0.2, 0.25) is 0 Å². The quantitative estimate of drug-likeness (QED) is 0.246. The molecule has 190 valence electrons. The molecule has 3 aromatic carbocycles. The van der Waals surface area contributed by atoms with Crippen molar-refractivity contribution in [2.75, 3.05) is 13.7 Å². The average Bonchev–Trinajstić information content (AvgIpc) is 3.16. The van der Waals surface area contributed by atoms with Crippen molar-refractivity contribution >= 4 is 23.4 Å². The number of aliphatic hydroxyl groups excluding tert-OH is 1. The number of carboxylic acid groups (broad SMARTS) is 1. The van der Waals surface area contributed by atoms with E-state index in [9.17, 15) is 24.6 Å². The van der Waals surface area contributed by atoms with E-state index in [0.29, 0.717) is 34.8 Å². The summed E-state index contributed by atoms with van der Waals surface area (Å²) in [6, 6.07) is 18.8. The molecule has 1 amide bonds. The molecule has 1 unspecified atom stereocenters. The standard InChI is InChI=1S/C29H27NO7/c1-3-16-37-21-14-12-19(13-15-21)26(31)24-25(22-6-4-5-7-23(22)36-2)30(28(33)27(24)32)17-18-8-10-20(11-9-18)29(34)35/h4-15,25,31H,3,16-17H2,1-2H3,(H,34,35)/b26-24+. The van der Waals surface area contributed by atoms with Crippen molar-refractivity contribution in [3.63, 3.8) is 0 Å². The summed E-state index contributed by atoms with van der Waals surface area (Å²) in [5.74, 6) is -1.88. The van der Waals surface area contributed by atoms with E-state index in [1.54, 1.807) is 60.7 Å². The molecule has 0 aromatic heterocycles. The maximum atomic E-state index is 13.3. The Hall–Kier alpha value is -4.59. The maximum Gasteiger partial charge on any atom is 0.335 e. The van der Waals surface area contributed by atoms with Gasteiger partial charge in [0.1, 0.15) is 17.3 Å². The number of likely N-dealkylation sites (tertiary alicyclic amines) is 1. The number of aromatic carboxylic acids is 1. The summed E-state index contributed by atoms with van der Waals surface area (Å²) in [7, 11) is 1.49. The summed E-state index contributed by atoms with van der Waals surface area (Å²) in [6.07, 6.45) is 0.850. The Kier molecular flexibility index (Phi) is 7.57. The molecule has 8 heteroatoms. The van der Waals surface area contributed by atoms with Gasteiger partial charge in [0, 0.05) is 17.7 Å². The van der Waals surface area contributed by atoms with Gasteiger partial charge in [0.05, 0.1) is 30.9 Å². The number of para-hydroxylation sites is 1. The number of hydrogen-bond donors (Lipinski definition) is 2. The van der Waals surface area contributed by atoms with Crippen LogP contribution in [0.15, 0.2) is 78.4 Å². The third kappa shape index (κ3) is 5.18. The highest BCUT2D eigenvalue weighted by atomic mass is 16.5. The summed E-state index contributed by atoms with van der Waals surface area (Å²) >= 11 is 0. The normalized spacial score (nSPS) is 16.6. The zero-order chi connectivity index (χ0) is 26.5. The molecule has 4 rings (SSSR count). The minimum atomic E-state index is -1.06. The zero-order valence-corrected chi connectivity index (χ0v) is 20.5. The van der Waals surface area contributed by atoms with Crippen molar-refractivity contribution in [2.45, 2.75) is 25.9 Å². The highest BCUT2D eigenvalue weighted by Crippen LogP contribution is 2.43. The highest BCUT2D eigenvalue weighted by Gasteiger charge is 2.47. The lowest BCUT2D eigenvalue weighted by atomic mass is 9.94. The van der Waals surface area contributed by atoms with Gasteiger partial charge in [-0.3, -0.25) is 9.59 Å². The Morgan fingerprint density at radius 2 is 1.57 bits per heavy atom.